The topological polar surface area (TPSA) is 43.3 Å². The van der Waals surface area contributed by atoms with Crippen LogP contribution >= 0.6 is 11.6 Å². The zero-order valence-corrected chi connectivity index (χ0v) is 17.3. The molecule has 0 aromatic heterocycles. The molecule has 0 radical (unpaired) electrons. The fourth-order valence-corrected chi connectivity index (χ4v) is 4.03. The van der Waals surface area contributed by atoms with Crippen molar-refractivity contribution in [2.45, 2.75) is 13.0 Å². The molecule has 0 spiro atoms. The van der Waals surface area contributed by atoms with Crippen LogP contribution in [0.2, 0.25) is 5.02 Å². The Balaban J connectivity index is 1.93. The Hall–Kier alpha value is -2.57. The first kappa shape index (κ1) is 19.7. The van der Waals surface area contributed by atoms with Crippen LogP contribution in [0.1, 0.15) is 24.2 Å². The molecule has 4 rings (SSSR count). The first-order valence-electron chi connectivity index (χ1n) is 9.29. The van der Waals surface area contributed by atoms with Gasteiger partial charge in [-0.05, 0) is 36.8 Å². The fraction of sp³-hybridized carbons (Fsp3) is 0.318. The molecule has 152 valence electrons. The number of aliphatic imine (C=N–C) groups is 1. The average Bonchev–Trinajstić information content (AvgIpc) is 2.89. The number of anilines is 1. The molecular formula is C22H22ClFN2O3. The molecule has 0 aliphatic carbocycles. The highest BCUT2D eigenvalue weighted by molar-refractivity contribution is 6.30. The number of alkyl halides is 1. The van der Waals surface area contributed by atoms with Gasteiger partial charge in [-0.2, -0.15) is 0 Å². The Kier molecular flexibility index (Phi) is 5.48. The maximum atomic E-state index is 14.0. The van der Waals surface area contributed by atoms with Crippen molar-refractivity contribution in [3.8, 4) is 11.5 Å². The molecule has 2 aliphatic heterocycles. The molecular weight excluding hydrogens is 395 g/mol. The Morgan fingerprint density at radius 1 is 1.21 bits per heavy atom. The lowest BCUT2D eigenvalue weighted by molar-refractivity contribution is 0.112. The predicted molar refractivity (Wildman–Crippen MR) is 112 cm³/mol. The first-order valence-corrected chi connectivity index (χ1v) is 9.66. The molecule has 0 amide bonds. The summed E-state index contributed by atoms with van der Waals surface area (Å²) < 4.78 is 31.4. The van der Waals surface area contributed by atoms with Crippen molar-refractivity contribution < 1.29 is 18.6 Å². The normalized spacial score (nSPS) is 18.6. The molecule has 2 aliphatic rings. The molecule has 5 nitrogen and oxygen atoms in total. The van der Waals surface area contributed by atoms with E-state index in [-0.39, 0.29) is 6.61 Å². The minimum atomic E-state index is -0.583. The van der Waals surface area contributed by atoms with Gasteiger partial charge < -0.3 is 14.2 Å². The van der Waals surface area contributed by atoms with Gasteiger partial charge in [-0.1, -0.05) is 23.7 Å². The van der Waals surface area contributed by atoms with Crippen LogP contribution in [-0.4, -0.2) is 39.9 Å². The molecule has 7 heteroatoms. The van der Waals surface area contributed by atoms with Crippen molar-refractivity contribution in [3.05, 3.63) is 63.8 Å². The summed E-state index contributed by atoms with van der Waals surface area (Å²) in [6.07, 6.45) is -0.483. The van der Waals surface area contributed by atoms with Gasteiger partial charge in [0.2, 0.25) is 0 Å². The summed E-state index contributed by atoms with van der Waals surface area (Å²) in [5.74, 6) is 1.87. The number of para-hydroxylation sites is 1. The number of allylic oxidation sites excluding steroid dienone is 1. The number of halogens is 2. The van der Waals surface area contributed by atoms with Crippen LogP contribution in [0.5, 0.6) is 11.5 Å². The highest BCUT2D eigenvalue weighted by Gasteiger charge is 2.34. The number of ether oxygens (including phenoxy) is 3. The molecule has 2 aromatic rings. The fourth-order valence-electron chi connectivity index (χ4n) is 3.85. The highest BCUT2D eigenvalue weighted by Crippen LogP contribution is 2.45. The van der Waals surface area contributed by atoms with Crippen LogP contribution in [0.25, 0.3) is 0 Å². The number of benzene rings is 2. The molecule has 2 heterocycles. The van der Waals surface area contributed by atoms with E-state index >= 15 is 0 Å². The van der Waals surface area contributed by atoms with E-state index in [9.17, 15) is 4.39 Å². The number of rotatable bonds is 4. The molecule has 0 fully saturated rings. The van der Waals surface area contributed by atoms with Crippen molar-refractivity contribution in [3.63, 3.8) is 0 Å². The van der Waals surface area contributed by atoms with Gasteiger partial charge in [0.25, 0.3) is 0 Å². The van der Waals surface area contributed by atoms with Gasteiger partial charge in [-0.3, -0.25) is 9.89 Å². The Morgan fingerprint density at radius 2 is 2.03 bits per heavy atom. The van der Waals surface area contributed by atoms with Gasteiger partial charge >= 0.3 is 0 Å². The molecule has 0 unspecified atom stereocenters. The number of fused-ring (bicyclic) bond motifs is 3. The average molecular weight is 417 g/mol. The summed E-state index contributed by atoms with van der Waals surface area (Å²) in [5.41, 5.74) is 3.91. The number of amidine groups is 1. The summed E-state index contributed by atoms with van der Waals surface area (Å²) in [4.78, 5) is 6.48. The molecule has 29 heavy (non-hydrogen) atoms. The number of hydrogen-bond donors (Lipinski definition) is 0. The van der Waals surface area contributed by atoms with Gasteiger partial charge in [0.1, 0.15) is 25.2 Å². The maximum Gasteiger partial charge on any atom is 0.166 e. The Bertz CT molecular complexity index is 1010. The lowest BCUT2D eigenvalue weighted by Crippen LogP contribution is -2.37. The van der Waals surface area contributed by atoms with E-state index in [1.165, 1.54) is 0 Å². The van der Waals surface area contributed by atoms with Gasteiger partial charge in [0, 0.05) is 16.1 Å². The largest absolute Gasteiger partial charge is 0.493 e. The smallest absolute Gasteiger partial charge is 0.166 e. The highest BCUT2D eigenvalue weighted by atomic mass is 35.5. The molecule has 0 N–H and O–H groups in total. The lowest BCUT2D eigenvalue weighted by atomic mass is 9.97. The van der Waals surface area contributed by atoms with E-state index < -0.39 is 12.8 Å². The van der Waals surface area contributed by atoms with Gasteiger partial charge in [0.05, 0.1) is 32.1 Å². The second-order valence-electron chi connectivity index (χ2n) is 6.91. The Labute approximate surface area is 174 Å². The van der Waals surface area contributed by atoms with E-state index in [1.807, 2.05) is 42.2 Å². The third kappa shape index (κ3) is 3.36. The van der Waals surface area contributed by atoms with E-state index in [2.05, 4.69) is 4.99 Å². The minimum absolute atomic E-state index is 0.230. The van der Waals surface area contributed by atoms with Crippen molar-refractivity contribution in [1.82, 2.24) is 0 Å². The Morgan fingerprint density at radius 3 is 2.76 bits per heavy atom. The summed E-state index contributed by atoms with van der Waals surface area (Å²) in [6.45, 7) is 2.01. The summed E-state index contributed by atoms with van der Waals surface area (Å²) in [5, 5.41) is 0.569. The number of hydrogen-bond acceptors (Lipinski definition) is 5. The van der Waals surface area contributed by atoms with Crippen LogP contribution in [0.4, 0.5) is 10.1 Å². The standard InChI is InChI=1S/C22H22ClFN2O3/c1-13-11-25-20-12-29-21(15-5-4-6-19(27-2)22(15)28-3)16-9-14(23)7-8-17(16)26(20)18(13)10-24/h4-9,21H,10-12H2,1-3H3/t21-/m1/s1. The minimum Gasteiger partial charge on any atom is -0.493 e. The quantitative estimate of drug-likeness (QED) is 0.708. The SMILES string of the molecule is COc1cccc([C@H]2OCC3=NCC(C)=C(CF)N3c3ccc(Cl)cc32)c1OC. The first-order chi connectivity index (χ1) is 14.1. The van der Waals surface area contributed by atoms with Crippen molar-refractivity contribution >= 4 is 23.1 Å². The van der Waals surface area contributed by atoms with Crippen molar-refractivity contribution in [1.29, 1.82) is 0 Å². The van der Waals surface area contributed by atoms with E-state index in [4.69, 9.17) is 25.8 Å². The molecule has 1 atom stereocenters. The van der Waals surface area contributed by atoms with E-state index in [1.54, 1.807) is 20.3 Å². The second-order valence-corrected chi connectivity index (χ2v) is 7.34. The van der Waals surface area contributed by atoms with Crippen LogP contribution < -0.4 is 14.4 Å². The van der Waals surface area contributed by atoms with Crippen molar-refractivity contribution in [2.24, 2.45) is 4.99 Å². The van der Waals surface area contributed by atoms with Crippen molar-refractivity contribution in [2.75, 3.05) is 38.9 Å². The van der Waals surface area contributed by atoms with E-state index in [0.717, 1.165) is 22.4 Å². The van der Waals surface area contributed by atoms with Gasteiger partial charge in [-0.25, -0.2) is 4.39 Å². The molecule has 2 aromatic carbocycles. The van der Waals surface area contributed by atoms with Crippen LogP contribution in [0.3, 0.4) is 0 Å². The van der Waals surface area contributed by atoms with Gasteiger partial charge in [-0.15, -0.1) is 0 Å². The molecule has 0 saturated heterocycles. The summed E-state index contributed by atoms with van der Waals surface area (Å²) >= 11 is 6.34. The number of nitrogens with zero attached hydrogens (tertiary/aromatic N) is 2. The van der Waals surface area contributed by atoms with Gasteiger partial charge in [0.15, 0.2) is 11.5 Å². The predicted octanol–water partition coefficient (Wildman–Crippen LogP) is 4.94. The van der Waals surface area contributed by atoms with E-state index in [0.29, 0.717) is 34.6 Å². The zero-order chi connectivity index (χ0) is 20.5. The third-order valence-corrected chi connectivity index (χ3v) is 5.49. The van der Waals surface area contributed by atoms with Crippen LogP contribution in [-0.2, 0) is 4.74 Å². The lowest BCUT2D eigenvalue weighted by Gasteiger charge is -2.31. The number of methoxy groups -OCH3 is 2. The zero-order valence-electron chi connectivity index (χ0n) is 16.5. The van der Waals surface area contributed by atoms with Crippen LogP contribution in [0.15, 0.2) is 52.7 Å². The summed E-state index contributed by atoms with van der Waals surface area (Å²) in [7, 11) is 3.19. The monoisotopic (exact) mass is 416 g/mol. The molecule has 0 saturated carbocycles. The second kappa shape index (κ2) is 8.05. The summed E-state index contributed by atoms with van der Waals surface area (Å²) in [6, 6.07) is 11.2. The van der Waals surface area contributed by atoms with Crippen LogP contribution in [0, 0.1) is 0 Å². The third-order valence-electron chi connectivity index (χ3n) is 5.25. The molecule has 0 bridgehead atoms. The maximum absolute atomic E-state index is 14.0.